The molecule has 25 heavy (non-hydrogen) atoms. The summed E-state index contributed by atoms with van der Waals surface area (Å²) in [5.74, 6) is 1.03. The molecule has 1 fully saturated rings. The van der Waals surface area contributed by atoms with Gasteiger partial charge in [0.05, 0.1) is 16.9 Å². The zero-order valence-corrected chi connectivity index (χ0v) is 15.1. The maximum Gasteiger partial charge on any atom is 0.128 e. The Morgan fingerprint density at radius 3 is 2.60 bits per heavy atom. The third kappa shape index (κ3) is 4.06. The normalized spacial score (nSPS) is 15.0. The second kappa shape index (κ2) is 7.49. The fourth-order valence-electron chi connectivity index (χ4n) is 3.05. The lowest BCUT2D eigenvalue weighted by Crippen LogP contribution is -2.44. The summed E-state index contributed by atoms with van der Waals surface area (Å²) in [6, 6.07) is 8.32. The number of pyridine rings is 2. The number of nitriles is 1. The van der Waals surface area contributed by atoms with E-state index in [0.29, 0.717) is 12.1 Å². The molecule has 0 aromatic carbocycles. The van der Waals surface area contributed by atoms with E-state index in [0.717, 1.165) is 54.6 Å². The van der Waals surface area contributed by atoms with Gasteiger partial charge in [-0.05, 0) is 38.6 Å². The van der Waals surface area contributed by atoms with Crippen molar-refractivity contribution in [2.24, 2.45) is 0 Å². The van der Waals surface area contributed by atoms with Gasteiger partial charge in [-0.1, -0.05) is 6.07 Å². The van der Waals surface area contributed by atoms with E-state index in [4.69, 9.17) is 0 Å². The van der Waals surface area contributed by atoms with Crippen LogP contribution in [-0.2, 0) is 6.54 Å². The first-order chi connectivity index (χ1) is 12.1. The average molecular weight is 336 g/mol. The molecule has 1 aliphatic heterocycles. The van der Waals surface area contributed by atoms with E-state index in [1.54, 1.807) is 0 Å². The zero-order valence-electron chi connectivity index (χ0n) is 15.1. The molecule has 0 spiro atoms. The van der Waals surface area contributed by atoms with Crippen molar-refractivity contribution in [3.63, 3.8) is 0 Å². The summed E-state index contributed by atoms with van der Waals surface area (Å²) in [6.07, 6.45) is 1.91. The van der Waals surface area contributed by atoms with E-state index in [1.807, 2.05) is 26.1 Å². The molecule has 0 amide bonds. The van der Waals surface area contributed by atoms with Crippen molar-refractivity contribution in [3.05, 3.63) is 46.9 Å². The van der Waals surface area contributed by atoms with Gasteiger partial charge in [-0.15, -0.1) is 0 Å². The molecule has 0 radical (unpaired) electrons. The predicted octanol–water partition coefficient (Wildman–Crippen LogP) is 2.33. The van der Waals surface area contributed by atoms with Gasteiger partial charge in [0.15, 0.2) is 0 Å². The fraction of sp³-hybridized carbons (Fsp3) is 0.421. The lowest BCUT2D eigenvalue weighted by atomic mass is 10.1. The lowest BCUT2D eigenvalue weighted by molar-refractivity contribution is 0.312. The summed E-state index contributed by atoms with van der Waals surface area (Å²) in [7, 11) is 2.15. The average Bonchev–Trinajstić information content (AvgIpc) is 2.61. The molecule has 1 N–H and O–H groups in total. The van der Waals surface area contributed by atoms with Gasteiger partial charge in [-0.25, -0.2) is 4.98 Å². The summed E-state index contributed by atoms with van der Waals surface area (Å²) in [4.78, 5) is 13.6. The third-order valence-corrected chi connectivity index (χ3v) is 4.56. The molecular formula is C19H24N6. The molecule has 3 heterocycles. The van der Waals surface area contributed by atoms with Gasteiger partial charge in [0.2, 0.25) is 0 Å². The predicted molar refractivity (Wildman–Crippen MR) is 99.7 cm³/mol. The van der Waals surface area contributed by atoms with Gasteiger partial charge in [0.1, 0.15) is 11.9 Å². The molecule has 6 nitrogen and oxygen atoms in total. The first-order valence-corrected chi connectivity index (χ1v) is 8.57. The smallest absolute Gasteiger partial charge is 0.128 e. The van der Waals surface area contributed by atoms with E-state index in [1.165, 1.54) is 0 Å². The highest BCUT2D eigenvalue weighted by molar-refractivity contribution is 5.60. The van der Waals surface area contributed by atoms with Crippen LogP contribution >= 0.6 is 0 Å². The summed E-state index contributed by atoms with van der Waals surface area (Å²) >= 11 is 0. The number of nitrogens with zero attached hydrogens (tertiary/aromatic N) is 5. The maximum absolute atomic E-state index is 9.34. The van der Waals surface area contributed by atoms with Gasteiger partial charge in [0, 0.05) is 44.6 Å². The number of nitrogens with one attached hydrogen (secondary N) is 1. The minimum Gasteiger partial charge on any atom is -0.380 e. The Hall–Kier alpha value is -2.65. The number of hydrogen-bond acceptors (Lipinski definition) is 6. The van der Waals surface area contributed by atoms with Crippen LogP contribution in [0, 0.1) is 25.2 Å². The second-order valence-electron chi connectivity index (χ2n) is 6.55. The van der Waals surface area contributed by atoms with E-state index in [2.05, 4.69) is 50.3 Å². The molecule has 130 valence electrons. The van der Waals surface area contributed by atoms with E-state index in [-0.39, 0.29) is 0 Å². The maximum atomic E-state index is 9.34. The zero-order chi connectivity index (χ0) is 17.8. The van der Waals surface area contributed by atoms with E-state index < -0.39 is 0 Å². The molecule has 0 bridgehead atoms. The molecular weight excluding hydrogens is 312 g/mol. The summed E-state index contributed by atoms with van der Waals surface area (Å²) in [5, 5.41) is 12.7. The monoisotopic (exact) mass is 336 g/mol. The van der Waals surface area contributed by atoms with Crippen LogP contribution in [0.15, 0.2) is 24.4 Å². The number of hydrogen-bond donors (Lipinski definition) is 1. The van der Waals surface area contributed by atoms with Crippen molar-refractivity contribution in [2.75, 3.05) is 43.4 Å². The number of aryl methyl sites for hydroxylation is 2. The minimum atomic E-state index is 0.604. The minimum absolute atomic E-state index is 0.604. The topological polar surface area (TPSA) is 68.1 Å². The molecule has 2 aromatic heterocycles. The van der Waals surface area contributed by atoms with Crippen molar-refractivity contribution < 1.29 is 0 Å². The van der Waals surface area contributed by atoms with Gasteiger partial charge in [0.25, 0.3) is 0 Å². The highest BCUT2D eigenvalue weighted by Crippen LogP contribution is 2.20. The van der Waals surface area contributed by atoms with Gasteiger partial charge in [-0.2, -0.15) is 5.26 Å². The summed E-state index contributed by atoms with van der Waals surface area (Å²) < 4.78 is 0. The van der Waals surface area contributed by atoms with Crippen LogP contribution in [0.25, 0.3) is 0 Å². The molecule has 0 aliphatic carbocycles. The van der Waals surface area contributed by atoms with Crippen LogP contribution in [0.2, 0.25) is 0 Å². The molecule has 3 rings (SSSR count). The van der Waals surface area contributed by atoms with Crippen molar-refractivity contribution in [3.8, 4) is 6.07 Å². The number of aromatic nitrogens is 2. The molecule has 0 atom stereocenters. The third-order valence-electron chi connectivity index (χ3n) is 4.56. The second-order valence-corrected chi connectivity index (χ2v) is 6.55. The first-order valence-electron chi connectivity index (χ1n) is 8.57. The quantitative estimate of drug-likeness (QED) is 0.924. The van der Waals surface area contributed by atoms with Gasteiger partial charge < -0.3 is 15.1 Å². The first kappa shape index (κ1) is 17.2. The molecule has 1 saturated heterocycles. The van der Waals surface area contributed by atoms with Crippen molar-refractivity contribution in [1.82, 2.24) is 14.9 Å². The van der Waals surface area contributed by atoms with Crippen LogP contribution in [0.5, 0.6) is 0 Å². The Morgan fingerprint density at radius 2 is 1.96 bits per heavy atom. The largest absolute Gasteiger partial charge is 0.380 e. The number of likely N-dealkylation sites (N-methyl/N-ethyl adjacent to an activating group) is 1. The van der Waals surface area contributed by atoms with Crippen molar-refractivity contribution in [1.29, 1.82) is 5.26 Å². The van der Waals surface area contributed by atoms with Crippen molar-refractivity contribution in [2.45, 2.75) is 20.4 Å². The number of rotatable bonds is 4. The Balaban J connectivity index is 1.66. The Kier molecular flexibility index (Phi) is 5.15. The molecule has 0 saturated carbocycles. The fourth-order valence-corrected chi connectivity index (χ4v) is 3.05. The molecule has 0 unspecified atom stereocenters. The van der Waals surface area contributed by atoms with E-state index >= 15 is 0 Å². The van der Waals surface area contributed by atoms with Crippen molar-refractivity contribution >= 4 is 11.5 Å². The number of anilines is 2. The highest BCUT2D eigenvalue weighted by atomic mass is 15.3. The summed E-state index contributed by atoms with van der Waals surface area (Å²) in [5.41, 5.74) is 4.19. The van der Waals surface area contributed by atoms with Crippen LogP contribution in [0.1, 0.15) is 22.5 Å². The van der Waals surface area contributed by atoms with E-state index in [9.17, 15) is 5.26 Å². The summed E-state index contributed by atoms with van der Waals surface area (Å²) in [6.45, 7) is 8.61. The molecule has 2 aromatic rings. The Morgan fingerprint density at radius 1 is 1.20 bits per heavy atom. The Labute approximate surface area is 149 Å². The van der Waals surface area contributed by atoms with Crippen LogP contribution in [0.3, 0.4) is 0 Å². The SMILES string of the molecule is Cc1cc(NCc2ccc(N3CCN(C)CC3)nc2)c(C#N)c(C)n1. The van der Waals surface area contributed by atoms with Crippen LogP contribution in [-0.4, -0.2) is 48.1 Å². The highest BCUT2D eigenvalue weighted by Gasteiger charge is 2.15. The number of piperazine rings is 1. The lowest BCUT2D eigenvalue weighted by Gasteiger charge is -2.33. The standard InChI is InChI=1S/C19H24N6/c1-14-10-18(17(11-20)15(2)23-14)21-12-16-4-5-19(22-13-16)25-8-6-24(3)7-9-25/h4-5,10,13H,6-9,12H2,1-3H3,(H,21,23). The molecule has 6 heteroatoms. The molecule has 1 aliphatic rings. The van der Waals surface area contributed by atoms with Crippen LogP contribution in [0.4, 0.5) is 11.5 Å². The van der Waals surface area contributed by atoms with Gasteiger partial charge >= 0.3 is 0 Å². The Bertz CT molecular complexity index is 770. The van der Waals surface area contributed by atoms with Crippen LogP contribution < -0.4 is 10.2 Å². The van der Waals surface area contributed by atoms with Gasteiger partial charge in [-0.3, -0.25) is 4.98 Å².